The number of nitrogens with zero attached hydrogens (tertiary/aromatic N) is 1. The molecule has 0 amide bonds. The summed E-state index contributed by atoms with van der Waals surface area (Å²) in [5.41, 5.74) is 6.62. The van der Waals surface area contributed by atoms with Gasteiger partial charge in [-0.25, -0.2) is 0 Å². The van der Waals surface area contributed by atoms with E-state index in [1.807, 2.05) is 0 Å². The molecule has 1 saturated heterocycles. The lowest BCUT2D eigenvalue weighted by Gasteiger charge is -2.65. The van der Waals surface area contributed by atoms with E-state index in [1.54, 1.807) is 0 Å². The van der Waals surface area contributed by atoms with Gasteiger partial charge in [0.2, 0.25) is 0 Å². The molecule has 3 nitrogen and oxygen atoms in total. The topological polar surface area (TPSA) is 35.5 Å². The molecule has 30 heavy (non-hydrogen) atoms. The third-order valence-corrected chi connectivity index (χ3v) is 8.81. The van der Waals surface area contributed by atoms with Gasteiger partial charge in [0, 0.05) is 17.1 Å². The van der Waals surface area contributed by atoms with Crippen molar-refractivity contribution in [2.24, 2.45) is 5.41 Å². The van der Waals surface area contributed by atoms with E-state index in [9.17, 15) is 5.11 Å². The maximum absolute atomic E-state index is 11.0. The van der Waals surface area contributed by atoms with Crippen molar-refractivity contribution in [2.75, 3.05) is 18.9 Å². The highest BCUT2D eigenvalue weighted by Gasteiger charge is 2.60. The number of phenols is 1. The molecule has 0 radical (unpaired) electrons. The van der Waals surface area contributed by atoms with Gasteiger partial charge in [-0.1, -0.05) is 45.7 Å². The van der Waals surface area contributed by atoms with Crippen LogP contribution in [0.4, 0.5) is 11.4 Å². The fourth-order valence-electron chi connectivity index (χ4n) is 6.97. The number of fused-ring (bicyclic) bond motifs is 1. The molecule has 2 aliphatic carbocycles. The number of hydrogen-bond acceptors (Lipinski definition) is 3. The van der Waals surface area contributed by atoms with E-state index in [1.165, 1.54) is 55.3 Å². The highest BCUT2D eigenvalue weighted by atomic mass is 16.3. The van der Waals surface area contributed by atoms with Crippen LogP contribution in [0.5, 0.6) is 5.75 Å². The first-order valence-electron chi connectivity index (χ1n) is 11.8. The molecule has 2 aromatic rings. The zero-order valence-corrected chi connectivity index (χ0v) is 19.0. The maximum atomic E-state index is 11.0. The van der Waals surface area contributed by atoms with Gasteiger partial charge in [0.25, 0.3) is 0 Å². The average molecular weight is 405 g/mol. The molecular weight excluding hydrogens is 368 g/mol. The van der Waals surface area contributed by atoms with E-state index in [0.29, 0.717) is 23.1 Å². The molecule has 2 bridgehead atoms. The summed E-state index contributed by atoms with van der Waals surface area (Å²) in [6.07, 6.45) is 7.54. The number of likely N-dealkylation sites (tertiary alicyclic amines) is 1. The van der Waals surface area contributed by atoms with Crippen molar-refractivity contribution in [2.45, 2.75) is 76.7 Å². The Kier molecular flexibility index (Phi) is 4.66. The monoisotopic (exact) mass is 404 g/mol. The number of likely N-dealkylation sites (N-methyl/N-ethyl adjacent to an activating group) is 1. The van der Waals surface area contributed by atoms with Gasteiger partial charge >= 0.3 is 0 Å². The van der Waals surface area contributed by atoms with Gasteiger partial charge in [0.1, 0.15) is 5.75 Å². The second kappa shape index (κ2) is 7.02. The van der Waals surface area contributed by atoms with Gasteiger partial charge < -0.3 is 15.3 Å². The minimum Gasteiger partial charge on any atom is -0.506 e. The molecule has 1 aliphatic heterocycles. The minimum atomic E-state index is 0.227. The molecule has 3 heteroatoms. The Labute approximate surface area is 181 Å². The lowest BCUT2D eigenvalue weighted by atomic mass is 9.45. The predicted molar refractivity (Wildman–Crippen MR) is 125 cm³/mol. The van der Waals surface area contributed by atoms with Crippen molar-refractivity contribution in [3.63, 3.8) is 0 Å². The number of nitrogens with one attached hydrogen (secondary N) is 1. The Balaban J connectivity index is 1.54. The van der Waals surface area contributed by atoms with Gasteiger partial charge in [-0.05, 0) is 91.6 Å². The summed E-state index contributed by atoms with van der Waals surface area (Å²) in [5, 5.41) is 14.5. The van der Waals surface area contributed by atoms with Crippen molar-refractivity contribution >= 4 is 11.4 Å². The SMILES string of the molecule is CC(C)c1ccc(Nc2cc3c(cc2O)[C@]24CCCC[C@]2(C)[C@H](C3)N(C)CC4)cc1. The summed E-state index contributed by atoms with van der Waals surface area (Å²) < 4.78 is 0. The molecule has 1 saturated carbocycles. The van der Waals surface area contributed by atoms with Crippen molar-refractivity contribution in [3.8, 4) is 5.75 Å². The summed E-state index contributed by atoms with van der Waals surface area (Å²) in [6, 6.07) is 13.5. The Morgan fingerprint density at radius 3 is 2.53 bits per heavy atom. The quantitative estimate of drug-likeness (QED) is 0.586. The Hall–Kier alpha value is -2.00. The number of benzene rings is 2. The van der Waals surface area contributed by atoms with Crippen LogP contribution in [0.3, 0.4) is 0 Å². The van der Waals surface area contributed by atoms with Crippen LogP contribution < -0.4 is 5.32 Å². The first-order chi connectivity index (χ1) is 14.3. The van der Waals surface area contributed by atoms with E-state index in [0.717, 1.165) is 17.8 Å². The molecule has 3 aliphatic rings. The van der Waals surface area contributed by atoms with Crippen LogP contribution >= 0.6 is 0 Å². The summed E-state index contributed by atoms with van der Waals surface area (Å²) in [5.74, 6) is 0.915. The third-order valence-electron chi connectivity index (χ3n) is 8.81. The first-order valence-corrected chi connectivity index (χ1v) is 11.8. The normalized spacial score (nSPS) is 30.6. The standard InChI is InChI=1S/C27H36N2O/c1-18(2)19-7-9-21(10-8-19)28-23-15-20-16-25-26(3)11-5-6-12-27(26,13-14-29(25)4)22(20)17-24(23)30/h7-10,15,17-18,25,28,30H,5-6,11-14,16H2,1-4H3/t25-,26+,27+/m0/s1. The van der Waals surface area contributed by atoms with Crippen molar-refractivity contribution < 1.29 is 5.11 Å². The van der Waals surface area contributed by atoms with Crippen LogP contribution in [0.25, 0.3) is 0 Å². The number of aromatic hydroxyl groups is 1. The molecule has 2 fully saturated rings. The van der Waals surface area contributed by atoms with E-state index < -0.39 is 0 Å². The molecule has 0 spiro atoms. The van der Waals surface area contributed by atoms with E-state index >= 15 is 0 Å². The number of piperidine rings is 1. The smallest absolute Gasteiger partial charge is 0.139 e. The summed E-state index contributed by atoms with van der Waals surface area (Å²) in [7, 11) is 2.31. The second-order valence-electron chi connectivity index (χ2n) is 10.6. The molecule has 2 aromatic carbocycles. The number of hydrogen-bond donors (Lipinski definition) is 2. The second-order valence-corrected chi connectivity index (χ2v) is 10.6. The minimum absolute atomic E-state index is 0.227. The lowest BCUT2D eigenvalue weighted by Crippen LogP contribution is -2.66. The van der Waals surface area contributed by atoms with Crippen molar-refractivity contribution in [1.82, 2.24) is 4.90 Å². The fourth-order valence-corrected chi connectivity index (χ4v) is 6.97. The van der Waals surface area contributed by atoms with Crippen molar-refractivity contribution in [3.05, 3.63) is 53.1 Å². The molecule has 5 rings (SSSR count). The third kappa shape index (κ3) is 2.81. The van der Waals surface area contributed by atoms with Crippen LogP contribution in [0.1, 0.15) is 75.5 Å². The van der Waals surface area contributed by atoms with Gasteiger partial charge in [-0.15, -0.1) is 0 Å². The molecule has 1 heterocycles. The van der Waals surface area contributed by atoms with E-state index in [-0.39, 0.29) is 5.41 Å². The first kappa shape index (κ1) is 19.9. The van der Waals surface area contributed by atoms with E-state index in [4.69, 9.17) is 0 Å². The highest BCUT2D eigenvalue weighted by molar-refractivity contribution is 5.69. The zero-order valence-electron chi connectivity index (χ0n) is 19.0. The number of rotatable bonds is 3. The zero-order chi connectivity index (χ0) is 21.1. The highest BCUT2D eigenvalue weighted by Crippen LogP contribution is 2.63. The molecule has 0 unspecified atom stereocenters. The van der Waals surface area contributed by atoms with Gasteiger partial charge in [-0.3, -0.25) is 0 Å². The van der Waals surface area contributed by atoms with Crippen LogP contribution in [-0.4, -0.2) is 29.6 Å². The fraction of sp³-hybridized carbons (Fsp3) is 0.556. The summed E-state index contributed by atoms with van der Waals surface area (Å²) in [4.78, 5) is 2.61. The summed E-state index contributed by atoms with van der Waals surface area (Å²) in [6.45, 7) is 8.13. The number of anilines is 2. The van der Waals surface area contributed by atoms with Crippen LogP contribution in [0, 0.1) is 5.41 Å². The molecule has 3 atom stereocenters. The van der Waals surface area contributed by atoms with Gasteiger partial charge in [0.05, 0.1) is 5.69 Å². The van der Waals surface area contributed by atoms with Gasteiger partial charge in [-0.2, -0.15) is 0 Å². The van der Waals surface area contributed by atoms with Crippen LogP contribution in [0.15, 0.2) is 36.4 Å². The Morgan fingerprint density at radius 2 is 1.80 bits per heavy atom. The van der Waals surface area contributed by atoms with Gasteiger partial charge in [0.15, 0.2) is 0 Å². The Morgan fingerprint density at radius 1 is 1.07 bits per heavy atom. The molecule has 160 valence electrons. The predicted octanol–water partition coefficient (Wildman–Crippen LogP) is 6.34. The maximum Gasteiger partial charge on any atom is 0.139 e. The largest absolute Gasteiger partial charge is 0.506 e. The lowest BCUT2D eigenvalue weighted by molar-refractivity contribution is -0.0735. The Bertz CT molecular complexity index is 950. The molecule has 0 aromatic heterocycles. The van der Waals surface area contributed by atoms with E-state index in [2.05, 4.69) is 74.4 Å². The average Bonchev–Trinajstić information content (AvgIpc) is 2.72. The van der Waals surface area contributed by atoms with Crippen molar-refractivity contribution in [1.29, 1.82) is 0 Å². The van der Waals surface area contributed by atoms with Crippen LogP contribution in [0.2, 0.25) is 0 Å². The molecule has 2 N–H and O–H groups in total. The summed E-state index contributed by atoms with van der Waals surface area (Å²) >= 11 is 0. The molecular formula is C27H36N2O. The number of phenolic OH excluding ortho intramolecular Hbond substituents is 1. The van der Waals surface area contributed by atoms with Crippen LogP contribution in [-0.2, 0) is 11.8 Å².